The van der Waals surface area contributed by atoms with E-state index in [1.807, 2.05) is 53.4 Å². The predicted octanol–water partition coefficient (Wildman–Crippen LogP) is 4.91. The zero-order valence-corrected chi connectivity index (χ0v) is 27.4. The summed E-state index contributed by atoms with van der Waals surface area (Å²) >= 11 is 0. The molecule has 2 aliphatic heterocycles. The van der Waals surface area contributed by atoms with E-state index in [2.05, 4.69) is 4.90 Å². The minimum atomic E-state index is -0.510. The molecule has 6 rings (SSSR count). The third-order valence-electron chi connectivity index (χ3n) is 8.63. The summed E-state index contributed by atoms with van der Waals surface area (Å²) in [5, 5.41) is 0. The van der Waals surface area contributed by atoms with E-state index in [-0.39, 0.29) is 31.4 Å². The van der Waals surface area contributed by atoms with Gasteiger partial charge in [-0.3, -0.25) is 14.4 Å². The molecule has 0 N–H and O–H groups in total. The maximum absolute atomic E-state index is 13.6. The van der Waals surface area contributed by atoms with Crippen LogP contribution in [0.15, 0.2) is 91.0 Å². The van der Waals surface area contributed by atoms with Crippen LogP contribution in [0.1, 0.15) is 38.3 Å². The average Bonchev–Trinajstić information content (AvgIpc) is 3.15. The van der Waals surface area contributed by atoms with E-state index >= 15 is 0 Å². The lowest BCUT2D eigenvalue weighted by molar-refractivity contribution is -0.147. The lowest BCUT2D eigenvalue weighted by atomic mass is 9.99. The zero-order chi connectivity index (χ0) is 34.3. The summed E-state index contributed by atoms with van der Waals surface area (Å²) in [5.41, 5.74) is 4.18. The van der Waals surface area contributed by atoms with E-state index < -0.39 is 11.9 Å². The van der Waals surface area contributed by atoms with Crippen LogP contribution >= 0.6 is 0 Å². The number of carbonyl (C=O) groups is 4. The van der Waals surface area contributed by atoms with Crippen LogP contribution in [0.5, 0.6) is 17.2 Å². The molecule has 0 aliphatic carbocycles. The first kappa shape index (κ1) is 33.1. The number of rotatable bonds is 10. The first-order chi connectivity index (χ1) is 23.8. The standard InChI is InChI=1S/C38H37N3O8/c1-46-33-16-10-29(23-34(33)47-2)37(44)40-20-18-39(19-21-40)30-12-15-32-28(22-30)11-17-35(42)41(32)38(45)27-8-13-31(14-9-27)48-25-36(43)49-24-26-6-4-3-5-7-26/h3-10,12-16,22-23H,11,17-21,24-25H2,1-2H3. The van der Waals surface area contributed by atoms with E-state index in [0.717, 1.165) is 16.8 Å². The van der Waals surface area contributed by atoms with E-state index in [1.165, 1.54) is 4.90 Å². The second kappa shape index (κ2) is 14.9. The second-order valence-electron chi connectivity index (χ2n) is 11.7. The molecule has 2 aliphatic rings. The third-order valence-corrected chi connectivity index (χ3v) is 8.63. The van der Waals surface area contributed by atoms with Gasteiger partial charge in [0.2, 0.25) is 5.91 Å². The van der Waals surface area contributed by atoms with E-state index in [4.69, 9.17) is 18.9 Å². The van der Waals surface area contributed by atoms with Gasteiger partial charge in [-0.05, 0) is 78.2 Å². The molecule has 4 aromatic rings. The van der Waals surface area contributed by atoms with Gasteiger partial charge in [0, 0.05) is 49.4 Å². The van der Waals surface area contributed by atoms with Gasteiger partial charge >= 0.3 is 5.97 Å². The first-order valence-corrected chi connectivity index (χ1v) is 16.0. The van der Waals surface area contributed by atoms with Crippen LogP contribution in [0.3, 0.4) is 0 Å². The molecule has 1 fully saturated rings. The monoisotopic (exact) mass is 663 g/mol. The van der Waals surface area contributed by atoms with Gasteiger partial charge in [0.05, 0.1) is 19.9 Å². The number of esters is 1. The predicted molar refractivity (Wildman–Crippen MR) is 182 cm³/mol. The Morgan fingerprint density at radius 2 is 1.43 bits per heavy atom. The number of amides is 3. The zero-order valence-electron chi connectivity index (χ0n) is 27.4. The largest absolute Gasteiger partial charge is 0.493 e. The Labute approximate surface area is 284 Å². The van der Waals surface area contributed by atoms with Crippen LogP contribution in [0, 0.1) is 0 Å². The van der Waals surface area contributed by atoms with Gasteiger partial charge in [-0.25, -0.2) is 9.69 Å². The van der Waals surface area contributed by atoms with Crippen molar-refractivity contribution < 1.29 is 38.1 Å². The van der Waals surface area contributed by atoms with Gasteiger partial charge in [0.15, 0.2) is 18.1 Å². The van der Waals surface area contributed by atoms with Crippen LogP contribution in [-0.4, -0.2) is 75.6 Å². The van der Waals surface area contributed by atoms with Crippen molar-refractivity contribution in [3.8, 4) is 17.2 Å². The van der Waals surface area contributed by atoms with Gasteiger partial charge in [-0.15, -0.1) is 0 Å². The summed E-state index contributed by atoms with van der Waals surface area (Å²) in [5.74, 6) is 0.185. The summed E-state index contributed by atoms with van der Waals surface area (Å²) in [7, 11) is 3.10. The minimum absolute atomic E-state index is 0.0698. The molecule has 0 aromatic heterocycles. The minimum Gasteiger partial charge on any atom is -0.493 e. The molecule has 11 heteroatoms. The van der Waals surface area contributed by atoms with E-state index in [0.29, 0.717) is 66.7 Å². The SMILES string of the molecule is COc1ccc(C(=O)N2CCN(c3ccc4c(c3)CCC(=O)N4C(=O)c3ccc(OCC(=O)OCc4ccccc4)cc3)CC2)cc1OC. The number of hydrogen-bond acceptors (Lipinski definition) is 9. The molecular weight excluding hydrogens is 626 g/mol. The fourth-order valence-corrected chi connectivity index (χ4v) is 5.96. The summed E-state index contributed by atoms with van der Waals surface area (Å²) in [6.07, 6.45) is 0.735. The quantitative estimate of drug-likeness (QED) is 0.173. The molecule has 252 valence electrons. The van der Waals surface area contributed by atoms with Gasteiger partial charge in [-0.1, -0.05) is 30.3 Å². The topological polar surface area (TPSA) is 115 Å². The fourth-order valence-electron chi connectivity index (χ4n) is 5.96. The highest BCUT2D eigenvalue weighted by Gasteiger charge is 2.31. The number of piperazine rings is 1. The second-order valence-corrected chi connectivity index (χ2v) is 11.7. The normalized spacial score (nSPS) is 14.2. The highest BCUT2D eigenvalue weighted by atomic mass is 16.6. The van der Waals surface area contributed by atoms with Crippen LogP contribution in [-0.2, 0) is 27.4 Å². The summed E-state index contributed by atoms with van der Waals surface area (Å²) in [4.78, 5) is 57.2. The number of hydrogen-bond donors (Lipinski definition) is 0. The molecule has 1 saturated heterocycles. The highest BCUT2D eigenvalue weighted by Crippen LogP contribution is 2.34. The van der Waals surface area contributed by atoms with Crippen molar-refractivity contribution in [2.75, 3.05) is 56.8 Å². The van der Waals surface area contributed by atoms with Gasteiger partial charge in [0.1, 0.15) is 12.4 Å². The van der Waals surface area contributed by atoms with Crippen molar-refractivity contribution >= 4 is 35.1 Å². The smallest absolute Gasteiger partial charge is 0.344 e. The van der Waals surface area contributed by atoms with E-state index in [1.54, 1.807) is 56.7 Å². The Morgan fingerprint density at radius 3 is 2.14 bits per heavy atom. The Morgan fingerprint density at radius 1 is 0.714 bits per heavy atom. The van der Waals surface area contributed by atoms with Crippen molar-refractivity contribution in [1.29, 1.82) is 0 Å². The molecule has 0 radical (unpaired) electrons. The molecule has 0 unspecified atom stereocenters. The summed E-state index contributed by atoms with van der Waals surface area (Å²) in [6, 6.07) is 26.6. The first-order valence-electron chi connectivity index (χ1n) is 16.0. The van der Waals surface area contributed by atoms with Gasteiger partial charge < -0.3 is 28.7 Å². The Hall–Kier alpha value is -5.84. The molecule has 3 amide bonds. The van der Waals surface area contributed by atoms with Crippen LogP contribution in [0.2, 0.25) is 0 Å². The van der Waals surface area contributed by atoms with Crippen molar-refractivity contribution in [3.63, 3.8) is 0 Å². The van der Waals surface area contributed by atoms with Gasteiger partial charge in [0.25, 0.3) is 11.8 Å². The fraction of sp³-hybridized carbons (Fsp3) is 0.263. The van der Waals surface area contributed by atoms with Crippen LogP contribution < -0.4 is 24.0 Å². The van der Waals surface area contributed by atoms with Crippen LogP contribution in [0.4, 0.5) is 11.4 Å². The number of methoxy groups -OCH3 is 2. The summed E-state index contributed by atoms with van der Waals surface area (Å²) < 4.78 is 21.4. The third kappa shape index (κ3) is 7.51. The van der Waals surface area contributed by atoms with Crippen molar-refractivity contribution in [2.24, 2.45) is 0 Å². The highest BCUT2D eigenvalue weighted by molar-refractivity contribution is 6.22. The Balaban J connectivity index is 1.05. The lowest BCUT2D eigenvalue weighted by Crippen LogP contribution is -2.49. The van der Waals surface area contributed by atoms with Crippen LogP contribution in [0.25, 0.3) is 0 Å². The molecule has 2 heterocycles. The van der Waals surface area contributed by atoms with Gasteiger partial charge in [-0.2, -0.15) is 0 Å². The molecule has 0 atom stereocenters. The maximum Gasteiger partial charge on any atom is 0.344 e. The Kier molecular flexibility index (Phi) is 10.1. The number of benzene rings is 4. The number of anilines is 2. The molecule has 0 saturated carbocycles. The van der Waals surface area contributed by atoms with E-state index in [9.17, 15) is 19.2 Å². The van der Waals surface area contributed by atoms with Crippen molar-refractivity contribution in [2.45, 2.75) is 19.4 Å². The number of fused-ring (bicyclic) bond motifs is 1. The Bertz CT molecular complexity index is 1840. The molecule has 49 heavy (non-hydrogen) atoms. The number of nitrogens with zero attached hydrogens (tertiary/aromatic N) is 3. The molecule has 0 bridgehead atoms. The number of ether oxygens (including phenoxy) is 4. The molecule has 11 nitrogen and oxygen atoms in total. The average molecular weight is 664 g/mol. The van der Waals surface area contributed by atoms with Crippen molar-refractivity contribution in [3.05, 3.63) is 113 Å². The summed E-state index contributed by atoms with van der Waals surface area (Å²) in [6.45, 7) is 2.24. The molecule has 4 aromatic carbocycles. The number of carbonyl (C=O) groups excluding carboxylic acids is 4. The maximum atomic E-state index is 13.6. The molecular formula is C38H37N3O8. The lowest BCUT2D eigenvalue weighted by Gasteiger charge is -2.37. The number of aryl methyl sites for hydroxylation is 1. The van der Waals surface area contributed by atoms with Crippen molar-refractivity contribution in [1.82, 2.24) is 4.90 Å². The molecule has 0 spiro atoms. The number of imide groups is 1.